The number of fused-ring (bicyclic) bond motifs is 1. The molecule has 0 aliphatic carbocycles. The fourth-order valence-electron chi connectivity index (χ4n) is 2.38. The Bertz CT molecular complexity index is 683. The summed E-state index contributed by atoms with van der Waals surface area (Å²) in [6.45, 7) is 5.37. The number of nitrogens with zero attached hydrogens (tertiary/aromatic N) is 3. The number of ether oxygens (including phenoxy) is 1. The van der Waals surface area contributed by atoms with Gasteiger partial charge in [0.25, 0.3) is 5.22 Å². The van der Waals surface area contributed by atoms with Gasteiger partial charge in [0, 0.05) is 11.5 Å². The Morgan fingerprint density at radius 1 is 1.58 bits per heavy atom. The lowest BCUT2D eigenvalue weighted by molar-refractivity contribution is -0.157. The van der Waals surface area contributed by atoms with Crippen LogP contribution in [-0.2, 0) is 14.3 Å². The highest BCUT2D eigenvalue weighted by molar-refractivity contribution is 8.01. The van der Waals surface area contributed by atoms with Crippen molar-refractivity contribution in [3.05, 3.63) is 17.7 Å². The Hall–Kier alpha value is -1.52. The summed E-state index contributed by atoms with van der Waals surface area (Å²) >= 11 is 2.86. The van der Waals surface area contributed by atoms with Crippen molar-refractivity contribution in [2.75, 3.05) is 11.5 Å². The van der Waals surface area contributed by atoms with E-state index in [1.165, 1.54) is 23.1 Å². The highest BCUT2D eigenvalue weighted by Gasteiger charge is 2.52. The number of amides is 1. The Morgan fingerprint density at radius 2 is 2.33 bits per heavy atom. The molecule has 130 valence electrons. The molecule has 24 heavy (non-hydrogen) atoms. The van der Waals surface area contributed by atoms with E-state index >= 15 is 0 Å². The summed E-state index contributed by atoms with van der Waals surface area (Å²) in [5.41, 5.74) is 6.29. The maximum atomic E-state index is 12.6. The smallest absolute Gasteiger partial charge is 0.355 e. The molecule has 3 rings (SSSR count). The molecule has 0 bridgehead atoms. The topological polar surface area (TPSA) is 112 Å². The summed E-state index contributed by atoms with van der Waals surface area (Å²) in [5, 5.41) is 7.62. The molecule has 2 aliphatic rings. The lowest BCUT2D eigenvalue weighted by Gasteiger charge is -2.48. The fraction of sp³-hybridized carbons (Fsp3) is 0.571. The zero-order valence-electron chi connectivity index (χ0n) is 13.5. The zero-order valence-corrected chi connectivity index (χ0v) is 15.1. The van der Waals surface area contributed by atoms with Gasteiger partial charge in [-0.3, -0.25) is 9.69 Å². The average Bonchev–Trinajstić information content (AvgIpc) is 3.02. The number of carbonyl (C=O) groups excluding carboxylic acids is 2. The minimum absolute atomic E-state index is 0.211. The standard InChI is InChI=1S/C14H18N4O4S2/c1-14(2,3)22-12(20)9-7(5-24-13-17-16-6-21-13)4-23-11-8(15)10(19)18(9)11/h6,8,11H,4-5,15H2,1-3H3/t8?,11-/m1/s1. The second-order valence-corrected chi connectivity index (χ2v) is 8.41. The van der Waals surface area contributed by atoms with Crippen molar-refractivity contribution in [1.82, 2.24) is 15.1 Å². The van der Waals surface area contributed by atoms with Crippen LogP contribution in [0.3, 0.4) is 0 Å². The molecule has 1 aromatic heterocycles. The summed E-state index contributed by atoms with van der Waals surface area (Å²) in [6.07, 6.45) is 1.25. The molecule has 8 nitrogen and oxygen atoms in total. The number of nitrogens with two attached hydrogens (primary N) is 1. The average molecular weight is 370 g/mol. The third kappa shape index (κ3) is 3.31. The van der Waals surface area contributed by atoms with Crippen molar-refractivity contribution in [3.8, 4) is 0 Å². The van der Waals surface area contributed by atoms with E-state index in [2.05, 4.69) is 10.2 Å². The van der Waals surface area contributed by atoms with Crippen molar-refractivity contribution in [2.24, 2.45) is 5.73 Å². The molecular formula is C14H18N4O4S2. The van der Waals surface area contributed by atoms with Crippen molar-refractivity contribution < 1.29 is 18.7 Å². The normalized spacial score (nSPS) is 23.8. The van der Waals surface area contributed by atoms with Gasteiger partial charge in [0.05, 0.1) is 0 Å². The quantitative estimate of drug-likeness (QED) is 0.471. The molecular weight excluding hydrogens is 352 g/mol. The lowest BCUT2D eigenvalue weighted by Crippen LogP contribution is -2.68. The van der Waals surface area contributed by atoms with Crippen LogP contribution in [0.4, 0.5) is 0 Å². The molecule has 0 aromatic carbocycles. The van der Waals surface area contributed by atoms with Crippen LogP contribution in [0, 0.1) is 0 Å². The first-order valence-electron chi connectivity index (χ1n) is 7.32. The maximum absolute atomic E-state index is 12.6. The van der Waals surface area contributed by atoms with Crippen molar-refractivity contribution in [3.63, 3.8) is 0 Å². The lowest BCUT2D eigenvalue weighted by atomic mass is 10.0. The third-order valence-electron chi connectivity index (χ3n) is 3.39. The first kappa shape index (κ1) is 17.3. The first-order chi connectivity index (χ1) is 11.3. The van der Waals surface area contributed by atoms with Crippen molar-refractivity contribution in [1.29, 1.82) is 0 Å². The van der Waals surface area contributed by atoms with Gasteiger partial charge in [-0.25, -0.2) is 4.79 Å². The van der Waals surface area contributed by atoms with Crippen LogP contribution in [0.15, 0.2) is 27.3 Å². The van der Waals surface area contributed by atoms with Gasteiger partial charge in [-0.1, -0.05) is 11.8 Å². The van der Waals surface area contributed by atoms with E-state index in [-0.39, 0.29) is 11.3 Å². The second-order valence-electron chi connectivity index (χ2n) is 6.38. The van der Waals surface area contributed by atoms with Gasteiger partial charge >= 0.3 is 5.97 Å². The number of aromatic nitrogens is 2. The largest absolute Gasteiger partial charge is 0.455 e. The Labute approximate surface area is 147 Å². The first-order valence-corrected chi connectivity index (χ1v) is 9.36. The Morgan fingerprint density at radius 3 is 2.96 bits per heavy atom. The molecule has 1 saturated heterocycles. The van der Waals surface area contributed by atoms with E-state index in [0.717, 1.165) is 5.57 Å². The van der Waals surface area contributed by atoms with Crippen molar-refractivity contribution >= 4 is 35.4 Å². The predicted molar refractivity (Wildman–Crippen MR) is 89.0 cm³/mol. The van der Waals surface area contributed by atoms with Crippen LogP contribution in [0.1, 0.15) is 20.8 Å². The monoisotopic (exact) mass is 370 g/mol. The van der Waals surface area contributed by atoms with E-state index in [0.29, 0.717) is 22.4 Å². The number of hydrogen-bond donors (Lipinski definition) is 1. The summed E-state index contributed by atoms with van der Waals surface area (Å²) in [6, 6.07) is -0.572. The molecule has 1 fully saturated rings. The van der Waals surface area contributed by atoms with E-state index in [9.17, 15) is 9.59 Å². The molecule has 1 amide bonds. The number of esters is 1. The SMILES string of the molecule is CC(C)(C)OC(=O)C1=C(CSc2nnco2)CS[C@@H]2C(N)C(=O)N12. The van der Waals surface area contributed by atoms with Crippen LogP contribution < -0.4 is 5.73 Å². The molecule has 1 unspecified atom stereocenters. The highest BCUT2D eigenvalue weighted by Crippen LogP contribution is 2.41. The fourth-order valence-corrected chi connectivity index (χ4v) is 4.56. The molecule has 0 spiro atoms. The number of hydrogen-bond acceptors (Lipinski definition) is 9. The van der Waals surface area contributed by atoms with Gasteiger partial charge in [-0.2, -0.15) is 0 Å². The summed E-state index contributed by atoms with van der Waals surface area (Å²) in [7, 11) is 0. The number of β-lactam (4-membered cyclic amide) rings is 1. The van der Waals surface area contributed by atoms with Gasteiger partial charge < -0.3 is 14.9 Å². The van der Waals surface area contributed by atoms with Crippen LogP contribution in [0.5, 0.6) is 0 Å². The van der Waals surface area contributed by atoms with Crippen LogP contribution >= 0.6 is 23.5 Å². The molecule has 2 N–H and O–H groups in total. The molecule has 0 saturated carbocycles. The molecule has 1 aromatic rings. The summed E-state index contributed by atoms with van der Waals surface area (Å²) < 4.78 is 10.6. The molecule has 2 aliphatic heterocycles. The maximum Gasteiger partial charge on any atom is 0.355 e. The van der Waals surface area contributed by atoms with Gasteiger partial charge in [-0.05, 0) is 26.3 Å². The van der Waals surface area contributed by atoms with Crippen LogP contribution in [-0.4, -0.2) is 55.5 Å². The van der Waals surface area contributed by atoms with Crippen molar-refractivity contribution in [2.45, 2.75) is 43.0 Å². The van der Waals surface area contributed by atoms with Gasteiger partial charge in [0.2, 0.25) is 12.3 Å². The Balaban J connectivity index is 1.86. The van der Waals surface area contributed by atoms with E-state index in [1.807, 2.05) is 0 Å². The van der Waals surface area contributed by atoms with E-state index in [1.54, 1.807) is 32.5 Å². The zero-order chi connectivity index (χ0) is 17.5. The number of thioether (sulfide) groups is 2. The number of rotatable bonds is 4. The Kier molecular flexibility index (Phi) is 4.63. The molecule has 3 heterocycles. The van der Waals surface area contributed by atoms with Crippen LogP contribution in [0.2, 0.25) is 0 Å². The van der Waals surface area contributed by atoms with E-state index in [4.69, 9.17) is 14.9 Å². The van der Waals surface area contributed by atoms with Gasteiger partial charge in [-0.15, -0.1) is 22.0 Å². The molecule has 2 atom stereocenters. The van der Waals surface area contributed by atoms with Gasteiger partial charge in [0.15, 0.2) is 0 Å². The summed E-state index contributed by atoms with van der Waals surface area (Å²) in [5.74, 6) is 0.287. The van der Waals surface area contributed by atoms with Gasteiger partial charge in [0.1, 0.15) is 22.7 Å². The van der Waals surface area contributed by atoms with Crippen LogP contribution in [0.25, 0.3) is 0 Å². The summed E-state index contributed by atoms with van der Waals surface area (Å²) in [4.78, 5) is 26.3. The highest BCUT2D eigenvalue weighted by atomic mass is 32.2. The number of carbonyl (C=O) groups is 2. The van der Waals surface area contributed by atoms with E-state index < -0.39 is 17.6 Å². The minimum Gasteiger partial charge on any atom is -0.455 e. The molecule has 10 heteroatoms. The predicted octanol–water partition coefficient (Wildman–Crippen LogP) is 1.000. The molecule has 0 radical (unpaired) electrons. The minimum atomic E-state index is -0.648. The third-order valence-corrected chi connectivity index (χ3v) is 5.67. The second kappa shape index (κ2) is 6.41.